The summed E-state index contributed by atoms with van der Waals surface area (Å²) in [4.78, 5) is 14.4. The van der Waals surface area contributed by atoms with Gasteiger partial charge in [-0.1, -0.05) is 23.4 Å². The first-order valence-electron chi connectivity index (χ1n) is 9.51. The van der Waals surface area contributed by atoms with E-state index < -0.39 is 43.0 Å². The maximum Gasteiger partial charge on any atom is 0.265 e. The molecular formula is C20H21FN4O5S. The lowest BCUT2D eigenvalue weighted by Crippen LogP contribution is -2.61. The summed E-state index contributed by atoms with van der Waals surface area (Å²) in [5.74, 6) is -0.808. The van der Waals surface area contributed by atoms with E-state index in [2.05, 4.69) is 10.3 Å². The minimum absolute atomic E-state index is 0.338. The number of halogens is 1. The molecule has 31 heavy (non-hydrogen) atoms. The maximum absolute atomic E-state index is 13.6. The first-order chi connectivity index (χ1) is 14.9. The van der Waals surface area contributed by atoms with Crippen molar-refractivity contribution >= 4 is 17.2 Å². The Labute approximate surface area is 180 Å². The van der Waals surface area contributed by atoms with E-state index in [-0.39, 0.29) is 5.91 Å². The highest BCUT2D eigenvalue weighted by atomic mass is 32.1. The molecule has 0 aliphatic carbocycles. The van der Waals surface area contributed by atoms with Gasteiger partial charge in [-0.15, -0.1) is 16.4 Å². The molecule has 1 aliphatic rings. The second-order valence-corrected chi connectivity index (χ2v) is 8.15. The van der Waals surface area contributed by atoms with E-state index in [1.165, 1.54) is 52.4 Å². The predicted octanol–water partition coefficient (Wildman–Crippen LogP) is 0.898. The molecule has 1 aromatic carbocycles. The van der Waals surface area contributed by atoms with Crippen molar-refractivity contribution in [2.24, 2.45) is 0 Å². The molecule has 1 amide bonds. The van der Waals surface area contributed by atoms with Crippen LogP contribution in [0, 0.1) is 5.82 Å². The van der Waals surface area contributed by atoms with Gasteiger partial charge < -0.3 is 25.0 Å². The van der Waals surface area contributed by atoms with E-state index in [9.17, 15) is 24.5 Å². The van der Waals surface area contributed by atoms with E-state index in [0.717, 1.165) is 0 Å². The van der Waals surface area contributed by atoms with E-state index in [4.69, 9.17) is 4.74 Å². The summed E-state index contributed by atoms with van der Waals surface area (Å²) in [6.45, 7) is -0.534. The summed E-state index contributed by atoms with van der Waals surface area (Å²) in [5, 5.41) is 41.2. The van der Waals surface area contributed by atoms with Gasteiger partial charge in [-0.3, -0.25) is 4.79 Å². The number of carbonyl (C=O) groups excluding carboxylic acids is 1. The summed E-state index contributed by atoms with van der Waals surface area (Å²) < 4.78 is 20.4. The van der Waals surface area contributed by atoms with Crippen LogP contribution in [0.2, 0.25) is 0 Å². The van der Waals surface area contributed by atoms with Crippen LogP contribution in [0.4, 0.5) is 4.39 Å². The van der Waals surface area contributed by atoms with Crippen molar-refractivity contribution in [1.29, 1.82) is 0 Å². The van der Waals surface area contributed by atoms with E-state index in [1.807, 2.05) is 0 Å². The SMILES string of the molecule is CN(C(=O)c1cccs1)[C@@H]1OC(CO)[C@H](O)C(n2cc(-c3cccc(F)c3)nn2)C1O. The van der Waals surface area contributed by atoms with Gasteiger partial charge in [-0.2, -0.15) is 0 Å². The van der Waals surface area contributed by atoms with Crippen LogP contribution in [0.5, 0.6) is 0 Å². The second-order valence-electron chi connectivity index (χ2n) is 7.21. The average Bonchev–Trinajstić information content (AvgIpc) is 3.46. The van der Waals surface area contributed by atoms with Crippen molar-refractivity contribution in [1.82, 2.24) is 19.9 Å². The number of aliphatic hydroxyl groups is 3. The van der Waals surface area contributed by atoms with Crippen molar-refractivity contribution < 1.29 is 29.2 Å². The maximum atomic E-state index is 13.6. The van der Waals surface area contributed by atoms with Crippen molar-refractivity contribution in [2.45, 2.75) is 30.6 Å². The second kappa shape index (κ2) is 8.81. The molecule has 0 radical (unpaired) electrons. The zero-order chi connectivity index (χ0) is 22.1. The number of benzene rings is 1. The first kappa shape index (κ1) is 21.5. The monoisotopic (exact) mass is 448 g/mol. The molecule has 0 bridgehead atoms. The fourth-order valence-corrected chi connectivity index (χ4v) is 4.31. The number of rotatable bonds is 5. The highest BCUT2D eigenvalue weighted by Crippen LogP contribution is 2.32. The number of hydrogen-bond donors (Lipinski definition) is 3. The largest absolute Gasteiger partial charge is 0.394 e. The number of amides is 1. The summed E-state index contributed by atoms with van der Waals surface area (Å²) in [7, 11) is 1.47. The van der Waals surface area contributed by atoms with Gasteiger partial charge in [0.2, 0.25) is 0 Å². The molecule has 3 unspecified atom stereocenters. The standard InChI is InChI=1S/C20H21FN4O5S/c1-24(19(29)15-6-3-7-31-15)20-18(28)16(17(27)14(10-26)30-20)25-9-13(22-23-25)11-4-2-5-12(21)8-11/h2-9,14,16-18,20,26-28H,10H2,1H3/t14?,16?,17-,18?,20+/m0/s1. The summed E-state index contributed by atoms with van der Waals surface area (Å²) in [6, 6.07) is 8.10. The Morgan fingerprint density at radius 1 is 1.29 bits per heavy atom. The van der Waals surface area contributed by atoms with Crippen LogP contribution in [0.25, 0.3) is 11.3 Å². The zero-order valence-corrected chi connectivity index (χ0v) is 17.3. The van der Waals surface area contributed by atoms with Gasteiger partial charge in [0.05, 0.1) is 17.7 Å². The Morgan fingerprint density at radius 2 is 2.10 bits per heavy atom. The first-order valence-corrected chi connectivity index (χ1v) is 10.4. The molecule has 1 fully saturated rings. The Hall–Kier alpha value is -2.70. The Kier molecular flexibility index (Phi) is 6.12. The van der Waals surface area contributed by atoms with Gasteiger partial charge in [0.15, 0.2) is 6.23 Å². The third kappa shape index (κ3) is 4.10. The molecule has 5 atom stereocenters. The Balaban J connectivity index is 1.64. The van der Waals surface area contributed by atoms with Crippen LogP contribution in [-0.4, -0.2) is 79.3 Å². The zero-order valence-electron chi connectivity index (χ0n) is 16.4. The number of hydrogen-bond acceptors (Lipinski definition) is 8. The Morgan fingerprint density at radius 3 is 2.77 bits per heavy atom. The van der Waals surface area contributed by atoms with Crippen molar-refractivity contribution in [3.8, 4) is 11.3 Å². The topological polar surface area (TPSA) is 121 Å². The third-order valence-electron chi connectivity index (χ3n) is 5.24. The van der Waals surface area contributed by atoms with Gasteiger partial charge in [-0.25, -0.2) is 9.07 Å². The van der Waals surface area contributed by atoms with E-state index in [0.29, 0.717) is 16.1 Å². The van der Waals surface area contributed by atoms with Crippen LogP contribution < -0.4 is 0 Å². The molecule has 0 spiro atoms. The molecular weight excluding hydrogens is 427 g/mol. The predicted molar refractivity (Wildman–Crippen MR) is 109 cm³/mol. The van der Waals surface area contributed by atoms with Crippen molar-refractivity contribution in [3.63, 3.8) is 0 Å². The number of ether oxygens (including phenoxy) is 1. The number of carbonyl (C=O) groups is 1. The number of thiophene rings is 1. The summed E-state index contributed by atoms with van der Waals surface area (Å²) >= 11 is 1.25. The molecule has 164 valence electrons. The van der Waals surface area contributed by atoms with Crippen LogP contribution in [0.15, 0.2) is 48.0 Å². The fourth-order valence-electron chi connectivity index (χ4n) is 3.61. The lowest BCUT2D eigenvalue weighted by molar-refractivity contribution is -0.235. The molecule has 3 aromatic rings. The molecule has 11 heteroatoms. The quantitative estimate of drug-likeness (QED) is 0.530. The molecule has 0 saturated carbocycles. The highest BCUT2D eigenvalue weighted by molar-refractivity contribution is 7.12. The van der Waals surface area contributed by atoms with Crippen molar-refractivity contribution in [3.05, 3.63) is 58.7 Å². The normalized spacial score (nSPS) is 26.0. The molecule has 3 heterocycles. The van der Waals surface area contributed by atoms with Crippen LogP contribution in [0.1, 0.15) is 15.7 Å². The molecule has 2 aromatic heterocycles. The fraction of sp³-hybridized carbons (Fsp3) is 0.350. The van der Waals surface area contributed by atoms with E-state index in [1.54, 1.807) is 23.6 Å². The van der Waals surface area contributed by atoms with Gasteiger partial charge in [0.25, 0.3) is 5.91 Å². The number of aliphatic hydroxyl groups excluding tert-OH is 3. The smallest absolute Gasteiger partial charge is 0.265 e. The van der Waals surface area contributed by atoms with Crippen LogP contribution >= 0.6 is 11.3 Å². The molecule has 3 N–H and O–H groups in total. The van der Waals surface area contributed by atoms with Gasteiger partial charge in [0.1, 0.15) is 35.9 Å². The summed E-state index contributed by atoms with van der Waals surface area (Å²) in [6.07, 6.45) is -3.47. The highest BCUT2D eigenvalue weighted by Gasteiger charge is 2.48. The third-order valence-corrected chi connectivity index (χ3v) is 6.10. The minimum atomic E-state index is -1.38. The number of likely N-dealkylation sites (N-methyl/N-ethyl adjacent to an activating group) is 1. The molecule has 1 saturated heterocycles. The minimum Gasteiger partial charge on any atom is -0.394 e. The van der Waals surface area contributed by atoms with Gasteiger partial charge >= 0.3 is 0 Å². The van der Waals surface area contributed by atoms with Crippen LogP contribution in [0.3, 0.4) is 0 Å². The number of nitrogens with zero attached hydrogens (tertiary/aromatic N) is 4. The number of aromatic nitrogens is 3. The summed E-state index contributed by atoms with van der Waals surface area (Å²) in [5.41, 5.74) is 0.813. The lowest BCUT2D eigenvalue weighted by Gasteiger charge is -2.44. The molecule has 4 rings (SSSR count). The van der Waals surface area contributed by atoms with Gasteiger partial charge in [-0.05, 0) is 23.6 Å². The van der Waals surface area contributed by atoms with E-state index >= 15 is 0 Å². The van der Waals surface area contributed by atoms with Gasteiger partial charge in [0, 0.05) is 12.6 Å². The molecule has 9 nitrogen and oxygen atoms in total. The van der Waals surface area contributed by atoms with Crippen LogP contribution in [-0.2, 0) is 4.74 Å². The molecule has 1 aliphatic heterocycles. The Bertz CT molecular complexity index is 1050. The van der Waals surface area contributed by atoms with Crippen molar-refractivity contribution in [2.75, 3.05) is 13.7 Å². The lowest BCUT2D eigenvalue weighted by atomic mass is 9.95. The average molecular weight is 448 g/mol.